The highest BCUT2D eigenvalue weighted by molar-refractivity contribution is 5.60. The van der Waals surface area contributed by atoms with Crippen molar-refractivity contribution in [2.45, 2.75) is 6.54 Å². The molecular weight excluding hydrogens is 268 g/mol. The Morgan fingerprint density at radius 3 is 2.81 bits per heavy atom. The first-order chi connectivity index (χ1) is 10.4. The fourth-order valence-electron chi connectivity index (χ4n) is 1.93. The van der Waals surface area contributed by atoms with Gasteiger partial charge >= 0.3 is 0 Å². The van der Waals surface area contributed by atoms with E-state index in [1.54, 1.807) is 24.3 Å². The van der Waals surface area contributed by atoms with Crippen LogP contribution in [0.5, 0.6) is 5.88 Å². The van der Waals surface area contributed by atoms with E-state index in [0.29, 0.717) is 12.4 Å². The first kappa shape index (κ1) is 13.0. The van der Waals surface area contributed by atoms with Crippen molar-refractivity contribution in [1.29, 1.82) is 0 Å². The van der Waals surface area contributed by atoms with Gasteiger partial charge in [0.05, 0.1) is 18.5 Å². The molecule has 2 heterocycles. The predicted octanol–water partition coefficient (Wildman–Crippen LogP) is 1.68. The molecule has 1 N–H and O–H groups in total. The third-order valence-electron chi connectivity index (χ3n) is 2.99. The smallest absolute Gasteiger partial charge is 0.212 e. The van der Waals surface area contributed by atoms with Crippen LogP contribution in [0.4, 0.5) is 5.69 Å². The molecule has 0 amide bonds. The van der Waals surface area contributed by atoms with Gasteiger partial charge in [0.25, 0.3) is 0 Å². The summed E-state index contributed by atoms with van der Waals surface area (Å²) in [5, 5.41) is 14.6. The van der Waals surface area contributed by atoms with Crippen LogP contribution >= 0.6 is 0 Å². The van der Waals surface area contributed by atoms with Gasteiger partial charge in [-0.1, -0.05) is 18.2 Å². The molecular formula is C14H14N6O. The average molecular weight is 282 g/mol. The molecule has 0 saturated heterocycles. The molecule has 21 heavy (non-hydrogen) atoms. The Balaban J connectivity index is 1.76. The molecule has 0 aliphatic carbocycles. The fourth-order valence-corrected chi connectivity index (χ4v) is 1.93. The lowest BCUT2D eigenvalue weighted by Gasteiger charge is -2.11. The molecule has 0 aliphatic heterocycles. The van der Waals surface area contributed by atoms with Crippen LogP contribution in [0, 0.1) is 0 Å². The number of hydrogen-bond donors (Lipinski definition) is 1. The summed E-state index contributed by atoms with van der Waals surface area (Å²) in [4.78, 5) is 4.18. The maximum atomic E-state index is 5.04. The first-order valence-electron chi connectivity index (χ1n) is 6.42. The van der Waals surface area contributed by atoms with Crippen LogP contribution in [0.25, 0.3) is 5.69 Å². The molecule has 0 radical (unpaired) electrons. The van der Waals surface area contributed by atoms with Crippen molar-refractivity contribution < 1.29 is 4.74 Å². The second-order valence-corrected chi connectivity index (χ2v) is 4.33. The number of nitrogens with zero attached hydrogens (tertiary/aromatic N) is 5. The molecule has 0 atom stereocenters. The largest absolute Gasteiger partial charge is 0.481 e. The summed E-state index contributed by atoms with van der Waals surface area (Å²) in [6, 6.07) is 11.6. The summed E-state index contributed by atoms with van der Waals surface area (Å²) in [5.41, 5.74) is 2.90. The first-order valence-corrected chi connectivity index (χ1v) is 6.42. The molecule has 3 aromatic rings. The minimum atomic E-state index is 0.604. The Morgan fingerprint density at radius 1 is 1.19 bits per heavy atom. The van der Waals surface area contributed by atoms with Crippen molar-refractivity contribution in [3.05, 3.63) is 54.5 Å². The molecule has 0 saturated carbocycles. The monoisotopic (exact) mass is 282 g/mol. The third kappa shape index (κ3) is 2.97. The van der Waals surface area contributed by atoms with Crippen LogP contribution in [0.3, 0.4) is 0 Å². The Bertz CT molecular complexity index is 696. The lowest BCUT2D eigenvalue weighted by Crippen LogP contribution is -2.05. The van der Waals surface area contributed by atoms with Crippen molar-refractivity contribution >= 4 is 5.69 Å². The molecule has 7 heteroatoms. The van der Waals surface area contributed by atoms with Gasteiger partial charge in [0.2, 0.25) is 5.88 Å². The van der Waals surface area contributed by atoms with Crippen LogP contribution < -0.4 is 10.1 Å². The molecule has 7 nitrogen and oxygen atoms in total. The Labute approximate surface area is 121 Å². The molecule has 0 unspecified atom stereocenters. The summed E-state index contributed by atoms with van der Waals surface area (Å²) in [5.74, 6) is 0.604. The standard InChI is InChI=1S/C14H14N6O/c1-21-14-7-6-11(9-16-14)8-15-12-4-2-3-5-13(12)20-10-17-18-19-20/h2-7,9-10,15H,8H2,1H3. The van der Waals surface area contributed by atoms with Gasteiger partial charge in [0.1, 0.15) is 6.33 Å². The van der Waals surface area contributed by atoms with E-state index in [1.165, 1.54) is 0 Å². The number of methoxy groups -OCH3 is 1. The Kier molecular flexibility index (Phi) is 3.72. The summed E-state index contributed by atoms with van der Waals surface area (Å²) < 4.78 is 6.66. The van der Waals surface area contributed by atoms with E-state index in [4.69, 9.17) is 4.74 Å². The van der Waals surface area contributed by atoms with Crippen LogP contribution in [0.1, 0.15) is 5.56 Å². The number of pyridine rings is 1. The number of hydrogen-bond acceptors (Lipinski definition) is 6. The van der Waals surface area contributed by atoms with E-state index in [2.05, 4.69) is 25.8 Å². The molecule has 0 fully saturated rings. The van der Waals surface area contributed by atoms with Crippen molar-refractivity contribution in [3.8, 4) is 11.6 Å². The van der Waals surface area contributed by atoms with Crippen molar-refractivity contribution in [1.82, 2.24) is 25.2 Å². The maximum Gasteiger partial charge on any atom is 0.212 e. The summed E-state index contributed by atoms with van der Waals surface area (Å²) >= 11 is 0. The number of benzene rings is 1. The van der Waals surface area contributed by atoms with Gasteiger partial charge in [0, 0.05) is 18.8 Å². The average Bonchev–Trinajstić information content (AvgIpc) is 3.08. The lowest BCUT2D eigenvalue weighted by atomic mass is 10.2. The van der Waals surface area contributed by atoms with Crippen LogP contribution in [-0.4, -0.2) is 32.3 Å². The van der Waals surface area contributed by atoms with E-state index < -0.39 is 0 Å². The number of anilines is 1. The maximum absolute atomic E-state index is 5.04. The molecule has 0 aliphatic rings. The van der Waals surface area contributed by atoms with Gasteiger partial charge in [0.15, 0.2) is 0 Å². The van der Waals surface area contributed by atoms with Gasteiger partial charge in [-0.05, 0) is 28.1 Å². The van der Waals surface area contributed by atoms with Crippen LogP contribution in [-0.2, 0) is 6.54 Å². The zero-order valence-electron chi connectivity index (χ0n) is 11.5. The summed E-state index contributed by atoms with van der Waals surface area (Å²) in [6.07, 6.45) is 3.35. The Hall–Kier alpha value is -2.96. The lowest BCUT2D eigenvalue weighted by molar-refractivity contribution is 0.397. The number of nitrogens with one attached hydrogen (secondary N) is 1. The molecule has 3 rings (SSSR count). The number of tetrazole rings is 1. The van der Waals surface area contributed by atoms with E-state index in [1.807, 2.05) is 36.4 Å². The number of para-hydroxylation sites is 2. The minimum Gasteiger partial charge on any atom is -0.481 e. The topological polar surface area (TPSA) is 77.8 Å². The van der Waals surface area contributed by atoms with E-state index in [9.17, 15) is 0 Å². The van der Waals surface area contributed by atoms with Gasteiger partial charge in [-0.15, -0.1) is 5.10 Å². The van der Waals surface area contributed by atoms with Crippen molar-refractivity contribution in [2.24, 2.45) is 0 Å². The highest BCUT2D eigenvalue weighted by atomic mass is 16.5. The zero-order valence-corrected chi connectivity index (χ0v) is 11.5. The van der Waals surface area contributed by atoms with Gasteiger partial charge in [-0.2, -0.15) is 4.68 Å². The van der Waals surface area contributed by atoms with Crippen molar-refractivity contribution in [3.63, 3.8) is 0 Å². The summed E-state index contributed by atoms with van der Waals surface area (Å²) in [6.45, 7) is 0.649. The zero-order chi connectivity index (χ0) is 14.5. The van der Waals surface area contributed by atoms with Crippen LogP contribution in [0.15, 0.2) is 48.9 Å². The highest BCUT2D eigenvalue weighted by Gasteiger charge is 2.05. The number of rotatable bonds is 5. The second kappa shape index (κ2) is 6.00. The SMILES string of the molecule is COc1ccc(CNc2ccccc2-n2cnnn2)cn1. The highest BCUT2D eigenvalue weighted by Crippen LogP contribution is 2.19. The number of ether oxygens (including phenoxy) is 1. The van der Waals surface area contributed by atoms with Crippen molar-refractivity contribution in [2.75, 3.05) is 12.4 Å². The fraction of sp³-hybridized carbons (Fsp3) is 0.143. The quantitative estimate of drug-likeness (QED) is 0.767. The van der Waals surface area contributed by atoms with E-state index >= 15 is 0 Å². The molecule has 0 spiro atoms. The van der Waals surface area contributed by atoms with Gasteiger partial charge in [-0.3, -0.25) is 0 Å². The van der Waals surface area contributed by atoms with Gasteiger partial charge < -0.3 is 10.1 Å². The van der Waals surface area contributed by atoms with Gasteiger partial charge in [-0.25, -0.2) is 4.98 Å². The summed E-state index contributed by atoms with van der Waals surface area (Å²) in [7, 11) is 1.60. The van der Waals surface area contributed by atoms with E-state index in [-0.39, 0.29) is 0 Å². The molecule has 2 aromatic heterocycles. The second-order valence-electron chi connectivity index (χ2n) is 4.33. The molecule has 106 valence electrons. The third-order valence-corrected chi connectivity index (χ3v) is 2.99. The normalized spacial score (nSPS) is 10.3. The molecule has 0 bridgehead atoms. The molecule has 1 aromatic carbocycles. The van der Waals surface area contributed by atoms with Crippen LogP contribution in [0.2, 0.25) is 0 Å². The number of aromatic nitrogens is 5. The van der Waals surface area contributed by atoms with E-state index in [0.717, 1.165) is 16.9 Å². The Morgan fingerprint density at radius 2 is 2.10 bits per heavy atom. The minimum absolute atomic E-state index is 0.604. The predicted molar refractivity (Wildman–Crippen MR) is 77.3 cm³/mol.